The molecule has 1 amide bonds. The summed E-state index contributed by atoms with van der Waals surface area (Å²) in [6.45, 7) is 1.45. The lowest BCUT2D eigenvalue weighted by Gasteiger charge is -2.34. The molecule has 2 heterocycles. The molecule has 28 heavy (non-hydrogen) atoms. The van der Waals surface area contributed by atoms with Crippen LogP contribution >= 0.6 is 0 Å². The highest BCUT2D eigenvalue weighted by molar-refractivity contribution is 6.07. The minimum absolute atomic E-state index is 0.175. The zero-order valence-corrected chi connectivity index (χ0v) is 16.2. The van der Waals surface area contributed by atoms with E-state index in [2.05, 4.69) is 38.0 Å². The number of nitrogens with one attached hydrogen (secondary N) is 1. The standard InChI is InChI=1S/C22H26N4O2/c1-28-12-11-25-10-9-18-19(3-2-4-21(18)25)22(27)26(16-5-6-16)17-7-8-20-15(13-17)14-23-24-20/h2-4,9-10,14,16-17H,5-8,11-13H2,1H3,(H,23,24). The number of benzene rings is 1. The number of hydrogen-bond acceptors (Lipinski definition) is 3. The molecule has 2 aliphatic rings. The van der Waals surface area contributed by atoms with Gasteiger partial charge in [-0.3, -0.25) is 9.89 Å². The normalized spacial score (nSPS) is 19.0. The predicted octanol–water partition coefficient (Wildman–Crippen LogP) is 3.17. The van der Waals surface area contributed by atoms with E-state index in [9.17, 15) is 4.79 Å². The fraction of sp³-hybridized carbons (Fsp3) is 0.455. The van der Waals surface area contributed by atoms with E-state index in [1.54, 1.807) is 7.11 Å². The molecule has 1 atom stereocenters. The van der Waals surface area contributed by atoms with Crippen LogP contribution in [0.3, 0.4) is 0 Å². The number of carbonyl (C=O) groups is 1. The molecule has 0 radical (unpaired) electrons. The van der Waals surface area contributed by atoms with Crippen molar-refractivity contribution in [1.82, 2.24) is 19.7 Å². The molecule has 0 bridgehead atoms. The summed E-state index contributed by atoms with van der Waals surface area (Å²) in [7, 11) is 1.71. The second-order valence-corrected chi connectivity index (χ2v) is 7.95. The zero-order valence-electron chi connectivity index (χ0n) is 16.2. The lowest BCUT2D eigenvalue weighted by atomic mass is 9.91. The van der Waals surface area contributed by atoms with E-state index in [-0.39, 0.29) is 11.9 Å². The topological polar surface area (TPSA) is 63.1 Å². The van der Waals surface area contributed by atoms with Crippen molar-refractivity contribution in [2.75, 3.05) is 13.7 Å². The number of fused-ring (bicyclic) bond motifs is 2. The van der Waals surface area contributed by atoms with Crippen LogP contribution in [0.5, 0.6) is 0 Å². The Morgan fingerprint density at radius 3 is 3.00 bits per heavy atom. The monoisotopic (exact) mass is 378 g/mol. The number of rotatable bonds is 6. The van der Waals surface area contributed by atoms with Crippen LogP contribution in [-0.4, -0.2) is 51.4 Å². The molecule has 2 aromatic heterocycles. The van der Waals surface area contributed by atoms with Crippen molar-refractivity contribution in [1.29, 1.82) is 0 Å². The third kappa shape index (κ3) is 3.02. The number of aromatic amines is 1. The number of methoxy groups -OCH3 is 1. The van der Waals surface area contributed by atoms with E-state index in [0.717, 1.165) is 55.1 Å². The quantitative estimate of drug-likeness (QED) is 0.717. The minimum Gasteiger partial charge on any atom is -0.383 e. The van der Waals surface area contributed by atoms with E-state index in [4.69, 9.17) is 4.74 Å². The summed E-state index contributed by atoms with van der Waals surface area (Å²) in [4.78, 5) is 15.9. The predicted molar refractivity (Wildman–Crippen MR) is 107 cm³/mol. The summed E-state index contributed by atoms with van der Waals surface area (Å²) in [6.07, 6.45) is 9.08. The van der Waals surface area contributed by atoms with Crippen molar-refractivity contribution in [2.24, 2.45) is 0 Å². The minimum atomic E-state index is 0.175. The Labute approximate surface area is 164 Å². The van der Waals surface area contributed by atoms with Gasteiger partial charge in [0.2, 0.25) is 0 Å². The molecule has 0 spiro atoms. The number of hydrogen-bond donors (Lipinski definition) is 1. The number of ether oxygens (including phenoxy) is 1. The molecule has 5 rings (SSSR count). The van der Waals surface area contributed by atoms with Gasteiger partial charge in [-0.15, -0.1) is 0 Å². The van der Waals surface area contributed by atoms with Crippen molar-refractivity contribution in [3.8, 4) is 0 Å². The van der Waals surface area contributed by atoms with E-state index in [1.165, 1.54) is 11.3 Å². The van der Waals surface area contributed by atoms with Gasteiger partial charge in [-0.05, 0) is 55.9 Å². The first-order chi connectivity index (χ1) is 13.8. The van der Waals surface area contributed by atoms with E-state index in [0.29, 0.717) is 12.6 Å². The Hall–Kier alpha value is -2.60. The zero-order chi connectivity index (χ0) is 19.1. The summed E-state index contributed by atoms with van der Waals surface area (Å²) in [5.41, 5.74) is 4.41. The molecule has 1 unspecified atom stereocenters. The molecule has 6 nitrogen and oxygen atoms in total. The number of amides is 1. The van der Waals surface area contributed by atoms with Gasteiger partial charge in [0.05, 0.1) is 12.8 Å². The number of aromatic nitrogens is 3. The average molecular weight is 378 g/mol. The molecular weight excluding hydrogens is 352 g/mol. The lowest BCUT2D eigenvalue weighted by Crippen LogP contribution is -2.44. The highest BCUT2D eigenvalue weighted by Gasteiger charge is 2.39. The molecule has 6 heteroatoms. The van der Waals surface area contributed by atoms with E-state index in [1.807, 2.05) is 18.3 Å². The van der Waals surface area contributed by atoms with Crippen molar-refractivity contribution in [2.45, 2.75) is 50.7 Å². The Bertz CT molecular complexity index is 1000. The molecule has 146 valence electrons. The highest BCUT2D eigenvalue weighted by atomic mass is 16.5. The molecule has 3 aromatic rings. The van der Waals surface area contributed by atoms with Gasteiger partial charge >= 0.3 is 0 Å². The highest BCUT2D eigenvalue weighted by Crippen LogP contribution is 2.35. The van der Waals surface area contributed by atoms with Crippen molar-refractivity contribution < 1.29 is 9.53 Å². The van der Waals surface area contributed by atoms with Crippen LogP contribution in [0.4, 0.5) is 0 Å². The van der Waals surface area contributed by atoms with Crippen LogP contribution < -0.4 is 0 Å². The van der Waals surface area contributed by atoms with Crippen LogP contribution in [0.15, 0.2) is 36.7 Å². The Morgan fingerprint density at radius 2 is 2.18 bits per heavy atom. The van der Waals surface area contributed by atoms with Crippen LogP contribution in [0, 0.1) is 0 Å². The fourth-order valence-corrected chi connectivity index (χ4v) is 4.55. The number of nitrogens with zero attached hydrogens (tertiary/aromatic N) is 3. The molecule has 2 aliphatic carbocycles. The second kappa shape index (κ2) is 7.09. The Morgan fingerprint density at radius 1 is 1.29 bits per heavy atom. The molecule has 1 saturated carbocycles. The largest absolute Gasteiger partial charge is 0.383 e. The van der Waals surface area contributed by atoms with Gasteiger partial charge in [-0.1, -0.05) is 6.07 Å². The van der Waals surface area contributed by atoms with Crippen LogP contribution in [0.2, 0.25) is 0 Å². The second-order valence-electron chi connectivity index (χ2n) is 7.95. The summed E-state index contributed by atoms with van der Waals surface area (Å²) in [6, 6.07) is 8.78. The fourth-order valence-electron chi connectivity index (χ4n) is 4.55. The summed E-state index contributed by atoms with van der Waals surface area (Å²) >= 11 is 0. The molecule has 0 aliphatic heterocycles. The first kappa shape index (κ1) is 17.5. The first-order valence-electron chi connectivity index (χ1n) is 10.2. The summed E-state index contributed by atoms with van der Waals surface area (Å²) in [5, 5.41) is 8.32. The SMILES string of the molecule is COCCn1ccc2c(C(=O)N(C3CC3)C3CCc4[nH]ncc4C3)cccc21. The van der Waals surface area contributed by atoms with Crippen molar-refractivity contribution in [3.05, 3.63) is 53.5 Å². The lowest BCUT2D eigenvalue weighted by molar-refractivity contribution is 0.0645. The van der Waals surface area contributed by atoms with Gasteiger partial charge in [0.25, 0.3) is 5.91 Å². The third-order valence-electron chi connectivity index (χ3n) is 6.14. The number of carbonyl (C=O) groups excluding carboxylic acids is 1. The Balaban J connectivity index is 1.46. The Kier molecular flexibility index (Phi) is 4.43. The van der Waals surface area contributed by atoms with Crippen molar-refractivity contribution >= 4 is 16.8 Å². The maximum absolute atomic E-state index is 13.7. The van der Waals surface area contributed by atoms with Crippen molar-refractivity contribution in [3.63, 3.8) is 0 Å². The maximum Gasteiger partial charge on any atom is 0.255 e. The summed E-state index contributed by atoms with van der Waals surface area (Å²) < 4.78 is 7.38. The van der Waals surface area contributed by atoms with Gasteiger partial charge in [0.1, 0.15) is 0 Å². The average Bonchev–Trinajstić information content (AvgIpc) is 3.28. The van der Waals surface area contributed by atoms with Gasteiger partial charge in [-0.2, -0.15) is 5.10 Å². The number of H-pyrrole nitrogens is 1. The van der Waals surface area contributed by atoms with E-state index >= 15 is 0 Å². The first-order valence-corrected chi connectivity index (χ1v) is 10.2. The smallest absolute Gasteiger partial charge is 0.255 e. The molecule has 1 fully saturated rings. The molecular formula is C22H26N4O2. The van der Waals surface area contributed by atoms with Crippen LogP contribution in [0.1, 0.15) is 40.9 Å². The van der Waals surface area contributed by atoms with Gasteiger partial charge in [-0.25, -0.2) is 0 Å². The third-order valence-corrected chi connectivity index (χ3v) is 6.14. The molecule has 1 N–H and O–H groups in total. The summed E-state index contributed by atoms with van der Waals surface area (Å²) in [5.74, 6) is 0.175. The van der Waals surface area contributed by atoms with E-state index < -0.39 is 0 Å². The van der Waals surface area contributed by atoms with Gasteiger partial charge < -0.3 is 14.2 Å². The van der Waals surface area contributed by atoms with Crippen LogP contribution in [-0.2, 0) is 24.1 Å². The molecule has 0 saturated heterocycles. The number of aryl methyl sites for hydroxylation is 1. The van der Waals surface area contributed by atoms with Gasteiger partial charge in [0.15, 0.2) is 0 Å². The maximum atomic E-state index is 13.7. The van der Waals surface area contributed by atoms with Crippen LogP contribution in [0.25, 0.3) is 10.9 Å². The van der Waals surface area contributed by atoms with Gasteiger partial charge in [0, 0.05) is 54.1 Å². The molecule has 1 aromatic carbocycles.